The molecule has 0 bridgehead atoms. The second-order valence-electron chi connectivity index (χ2n) is 1.36. The Balaban J connectivity index is 3.72. The summed E-state index contributed by atoms with van der Waals surface area (Å²) in [6.07, 6.45) is 2.72. The fourth-order valence-electron chi connectivity index (χ4n) is 0.382. The number of rotatable bonds is 2. The normalized spacial score (nSPS) is 13.1. The molecule has 46 valence electrons. The van der Waals surface area contributed by atoms with E-state index in [0.717, 1.165) is 12.1 Å². The van der Waals surface area contributed by atoms with Crippen molar-refractivity contribution in [1.29, 1.82) is 0 Å². The van der Waals surface area contributed by atoms with Crippen LogP contribution in [-0.2, 0) is 0 Å². The maximum atomic E-state index is 4.02. The summed E-state index contributed by atoms with van der Waals surface area (Å²) < 4.78 is 0. The van der Waals surface area contributed by atoms with Crippen LogP contribution < -0.4 is 0 Å². The van der Waals surface area contributed by atoms with Gasteiger partial charge in [-0.25, -0.2) is 0 Å². The van der Waals surface area contributed by atoms with Gasteiger partial charge in [-0.2, -0.15) is 0 Å². The van der Waals surface area contributed by atoms with Crippen molar-refractivity contribution in [3.63, 3.8) is 0 Å². The Morgan fingerprint density at radius 3 is 2.50 bits per heavy atom. The quantitative estimate of drug-likeness (QED) is 0.434. The summed E-state index contributed by atoms with van der Waals surface area (Å²) >= 11 is 3.95. The topological polar surface area (TPSA) is 12.4 Å². The minimum Gasteiger partial charge on any atom is -0.265 e. The lowest BCUT2D eigenvalue weighted by atomic mass is 10.4. The Kier molecular flexibility index (Phi) is 4.76. The minimum atomic E-state index is 0.952. The monoisotopic (exact) mass is 129 g/mol. The molecule has 2 heteroatoms. The van der Waals surface area contributed by atoms with E-state index in [2.05, 4.69) is 24.5 Å². The number of allylic oxidation sites excluding steroid dienone is 1. The molecule has 0 heterocycles. The summed E-state index contributed by atoms with van der Waals surface area (Å²) in [6, 6.07) is 0. The maximum absolute atomic E-state index is 4.02. The third-order valence-corrected chi connectivity index (χ3v) is 1.10. The molecule has 0 atom stereocenters. The Morgan fingerprint density at radius 1 is 1.75 bits per heavy atom. The van der Waals surface area contributed by atoms with E-state index in [4.69, 9.17) is 0 Å². The molecule has 0 unspecified atom stereocenters. The molecule has 0 aliphatic rings. The van der Waals surface area contributed by atoms with Crippen LogP contribution in [0, 0.1) is 0 Å². The highest BCUT2D eigenvalue weighted by Crippen LogP contribution is 2.01. The number of aliphatic imine (C=N–C) groups is 1. The molecule has 0 aliphatic heterocycles. The first-order chi connectivity index (χ1) is 3.85. The van der Waals surface area contributed by atoms with Gasteiger partial charge in [0.15, 0.2) is 0 Å². The highest BCUT2D eigenvalue weighted by Gasteiger charge is 1.81. The average molecular weight is 129 g/mol. The molecule has 0 fully saturated rings. The summed E-state index contributed by atoms with van der Waals surface area (Å²) in [5.41, 5.74) is 1.02. The molecule has 0 radical (unpaired) electrons. The van der Waals surface area contributed by atoms with Crippen molar-refractivity contribution in [3.05, 3.63) is 11.1 Å². The first-order valence-corrected chi connectivity index (χ1v) is 3.18. The van der Waals surface area contributed by atoms with Crippen LogP contribution in [0.3, 0.4) is 0 Å². The average Bonchev–Trinajstić information content (AvgIpc) is 1.83. The summed E-state index contributed by atoms with van der Waals surface area (Å²) in [7, 11) is 0. The highest BCUT2D eigenvalue weighted by atomic mass is 32.1. The zero-order chi connectivity index (χ0) is 6.41. The zero-order valence-corrected chi connectivity index (χ0v) is 6.15. The van der Waals surface area contributed by atoms with Crippen molar-refractivity contribution in [2.24, 2.45) is 4.99 Å². The van der Waals surface area contributed by atoms with Gasteiger partial charge in [0.1, 0.15) is 0 Å². The van der Waals surface area contributed by atoms with Gasteiger partial charge in [-0.3, -0.25) is 4.99 Å². The third kappa shape index (κ3) is 2.86. The molecule has 0 N–H and O–H groups in total. The van der Waals surface area contributed by atoms with Crippen LogP contribution in [-0.4, -0.2) is 6.21 Å². The van der Waals surface area contributed by atoms with Gasteiger partial charge in [0.05, 0.1) is 0 Å². The number of hydrogen-bond donors (Lipinski definition) is 1. The molecule has 0 amide bonds. The lowest BCUT2D eigenvalue weighted by Gasteiger charge is -1.89. The van der Waals surface area contributed by atoms with E-state index in [1.165, 1.54) is 0 Å². The van der Waals surface area contributed by atoms with Gasteiger partial charge >= 0.3 is 0 Å². The maximum Gasteiger partial charge on any atom is 0.0457 e. The Hall–Kier alpha value is -0.240. The van der Waals surface area contributed by atoms with Crippen molar-refractivity contribution in [2.75, 3.05) is 0 Å². The highest BCUT2D eigenvalue weighted by molar-refractivity contribution is 7.83. The molecule has 8 heavy (non-hydrogen) atoms. The fraction of sp³-hybridized carbons (Fsp3) is 0.500. The van der Waals surface area contributed by atoms with Crippen LogP contribution in [0.1, 0.15) is 20.3 Å². The van der Waals surface area contributed by atoms with E-state index in [1.807, 2.05) is 6.92 Å². The number of thiol groups is 1. The number of nitrogens with zero attached hydrogens (tertiary/aromatic N) is 1. The van der Waals surface area contributed by atoms with Gasteiger partial charge in [0.25, 0.3) is 0 Å². The minimum absolute atomic E-state index is 0.952. The van der Waals surface area contributed by atoms with Gasteiger partial charge in [-0.05, 0) is 18.8 Å². The van der Waals surface area contributed by atoms with Crippen molar-refractivity contribution in [2.45, 2.75) is 20.3 Å². The SMILES string of the molecule is CC=N/C(=C\S)CC. The smallest absolute Gasteiger partial charge is 0.0457 e. The van der Waals surface area contributed by atoms with Crippen LogP contribution in [0.25, 0.3) is 0 Å². The second kappa shape index (κ2) is 4.91. The third-order valence-electron chi connectivity index (χ3n) is 0.806. The summed E-state index contributed by atoms with van der Waals surface area (Å²) in [5, 5.41) is 1.72. The molecule has 0 aromatic rings. The van der Waals surface area contributed by atoms with Gasteiger partial charge in [-0.15, -0.1) is 12.6 Å². The van der Waals surface area contributed by atoms with Crippen LogP contribution in [0.15, 0.2) is 16.1 Å². The van der Waals surface area contributed by atoms with E-state index in [1.54, 1.807) is 11.6 Å². The zero-order valence-electron chi connectivity index (χ0n) is 5.26. The second-order valence-corrected chi connectivity index (χ2v) is 1.62. The largest absolute Gasteiger partial charge is 0.265 e. The Labute approximate surface area is 55.9 Å². The first kappa shape index (κ1) is 7.76. The molecule has 0 saturated heterocycles. The molecular formula is C6H11NS. The standard InChI is InChI=1S/C6H11NS/c1-3-6(5-8)7-4-2/h4-5,8H,3H2,1-2H3/b6-5-,7-4?. The summed E-state index contributed by atoms with van der Waals surface area (Å²) in [4.78, 5) is 4.02. The Morgan fingerprint density at radius 2 is 2.38 bits per heavy atom. The van der Waals surface area contributed by atoms with Crippen molar-refractivity contribution in [3.8, 4) is 0 Å². The van der Waals surface area contributed by atoms with Gasteiger partial charge < -0.3 is 0 Å². The summed E-state index contributed by atoms with van der Waals surface area (Å²) in [6.45, 7) is 3.95. The van der Waals surface area contributed by atoms with E-state index in [9.17, 15) is 0 Å². The van der Waals surface area contributed by atoms with E-state index >= 15 is 0 Å². The summed E-state index contributed by atoms with van der Waals surface area (Å²) in [5.74, 6) is 0. The molecule has 0 rings (SSSR count). The predicted octanol–water partition coefficient (Wildman–Crippen LogP) is 2.26. The predicted molar refractivity (Wildman–Crippen MR) is 41.5 cm³/mol. The molecule has 1 nitrogen and oxygen atoms in total. The van der Waals surface area contributed by atoms with Gasteiger partial charge in [0.2, 0.25) is 0 Å². The molecule has 0 aliphatic carbocycles. The van der Waals surface area contributed by atoms with Crippen LogP contribution in [0.5, 0.6) is 0 Å². The Bertz CT molecular complexity index is 102. The molecular weight excluding hydrogens is 118 g/mol. The number of hydrogen-bond acceptors (Lipinski definition) is 2. The van der Waals surface area contributed by atoms with Gasteiger partial charge in [-0.1, -0.05) is 6.92 Å². The van der Waals surface area contributed by atoms with Crippen molar-refractivity contribution >= 4 is 18.8 Å². The van der Waals surface area contributed by atoms with Crippen molar-refractivity contribution in [1.82, 2.24) is 0 Å². The van der Waals surface area contributed by atoms with E-state index in [0.29, 0.717) is 0 Å². The fourth-order valence-corrected chi connectivity index (χ4v) is 0.631. The van der Waals surface area contributed by atoms with Gasteiger partial charge in [0, 0.05) is 11.9 Å². The van der Waals surface area contributed by atoms with Crippen LogP contribution in [0.4, 0.5) is 0 Å². The van der Waals surface area contributed by atoms with Crippen molar-refractivity contribution < 1.29 is 0 Å². The molecule has 0 aromatic heterocycles. The molecule has 0 saturated carbocycles. The lowest BCUT2D eigenvalue weighted by molar-refractivity contribution is 1.08. The molecule has 0 aromatic carbocycles. The van der Waals surface area contributed by atoms with E-state index < -0.39 is 0 Å². The lowest BCUT2D eigenvalue weighted by Crippen LogP contribution is -1.71. The molecule has 0 spiro atoms. The van der Waals surface area contributed by atoms with E-state index in [-0.39, 0.29) is 0 Å². The van der Waals surface area contributed by atoms with Crippen LogP contribution >= 0.6 is 12.6 Å². The van der Waals surface area contributed by atoms with Crippen LogP contribution in [0.2, 0.25) is 0 Å². The first-order valence-electron chi connectivity index (χ1n) is 2.67.